The van der Waals surface area contributed by atoms with Crippen molar-refractivity contribution in [1.29, 1.82) is 0 Å². The van der Waals surface area contributed by atoms with Crippen LogP contribution in [0.5, 0.6) is 0 Å². The van der Waals surface area contributed by atoms with Crippen molar-refractivity contribution in [3.8, 4) is 0 Å². The van der Waals surface area contributed by atoms with Crippen LogP contribution in [0.15, 0.2) is 54.6 Å². The van der Waals surface area contributed by atoms with Crippen LogP contribution in [-0.2, 0) is 20.6 Å². The molecule has 0 radical (unpaired) electrons. The van der Waals surface area contributed by atoms with Gasteiger partial charge in [-0.25, -0.2) is 9.59 Å². The highest BCUT2D eigenvalue weighted by atomic mass is 16.6. The Hall–Kier alpha value is -2.70. The van der Waals surface area contributed by atoms with Crippen molar-refractivity contribution < 1.29 is 28.9 Å². The van der Waals surface area contributed by atoms with E-state index in [4.69, 9.17) is 19.3 Å². The third-order valence-electron chi connectivity index (χ3n) is 3.61. The van der Waals surface area contributed by atoms with Crippen molar-refractivity contribution in [3.63, 3.8) is 0 Å². The summed E-state index contributed by atoms with van der Waals surface area (Å²) in [4.78, 5) is 22.8. The van der Waals surface area contributed by atoms with Gasteiger partial charge in [0, 0.05) is 0 Å². The lowest BCUT2D eigenvalue weighted by Crippen LogP contribution is -2.13. The zero-order valence-electron chi connectivity index (χ0n) is 14.4. The molecule has 0 aliphatic rings. The van der Waals surface area contributed by atoms with Gasteiger partial charge >= 0.3 is 11.9 Å². The van der Waals surface area contributed by atoms with Crippen molar-refractivity contribution in [1.82, 2.24) is 0 Å². The first-order valence-electron chi connectivity index (χ1n) is 8.37. The number of carbonyl (C=O) groups excluding carboxylic acids is 1. The third-order valence-corrected chi connectivity index (χ3v) is 3.61. The summed E-state index contributed by atoms with van der Waals surface area (Å²) in [5.74, 6) is -1.31. The summed E-state index contributed by atoms with van der Waals surface area (Å²) >= 11 is 0. The Labute approximate surface area is 152 Å². The SMILES string of the molecule is O=C(OCCOCCOCCc1ccccc1C(=O)O)c1ccccc1. The van der Waals surface area contributed by atoms with Crippen LogP contribution in [-0.4, -0.2) is 50.1 Å². The van der Waals surface area contributed by atoms with Gasteiger partial charge in [0.15, 0.2) is 0 Å². The Kier molecular flexibility index (Phi) is 8.32. The van der Waals surface area contributed by atoms with Gasteiger partial charge in [-0.15, -0.1) is 0 Å². The van der Waals surface area contributed by atoms with E-state index in [2.05, 4.69) is 0 Å². The minimum atomic E-state index is -0.936. The Morgan fingerprint density at radius 2 is 1.38 bits per heavy atom. The molecular weight excluding hydrogens is 336 g/mol. The van der Waals surface area contributed by atoms with Crippen molar-refractivity contribution in [2.75, 3.05) is 33.0 Å². The smallest absolute Gasteiger partial charge is 0.338 e. The van der Waals surface area contributed by atoms with Gasteiger partial charge in [-0.05, 0) is 30.2 Å². The molecule has 0 heterocycles. The average molecular weight is 358 g/mol. The molecule has 26 heavy (non-hydrogen) atoms. The zero-order chi connectivity index (χ0) is 18.6. The van der Waals surface area contributed by atoms with Crippen molar-refractivity contribution >= 4 is 11.9 Å². The summed E-state index contributed by atoms with van der Waals surface area (Å²) in [6.07, 6.45) is 0.525. The van der Waals surface area contributed by atoms with Gasteiger partial charge in [0.25, 0.3) is 0 Å². The molecule has 0 aliphatic heterocycles. The summed E-state index contributed by atoms with van der Waals surface area (Å²) in [7, 11) is 0. The van der Waals surface area contributed by atoms with E-state index in [0.717, 1.165) is 5.56 Å². The maximum atomic E-state index is 11.7. The molecule has 0 saturated carbocycles. The average Bonchev–Trinajstić information content (AvgIpc) is 2.67. The lowest BCUT2D eigenvalue weighted by atomic mass is 10.1. The number of carbonyl (C=O) groups is 2. The number of aromatic carboxylic acids is 1. The molecule has 0 unspecified atom stereocenters. The van der Waals surface area contributed by atoms with Gasteiger partial charge in [-0.1, -0.05) is 36.4 Å². The van der Waals surface area contributed by atoms with E-state index >= 15 is 0 Å². The van der Waals surface area contributed by atoms with Gasteiger partial charge in [0.05, 0.1) is 37.6 Å². The van der Waals surface area contributed by atoms with Gasteiger partial charge in [0.2, 0.25) is 0 Å². The van der Waals surface area contributed by atoms with Crippen LogP contribution in [0.4, 0.5) is 0 Å². The number of hydrogen-bond acceptors (Lipinski definition) is 5. The highest BCUT2D eigenvalue weighted by molar-refractivity contribution is 5.89. The molecule has 0 aromatic heterocycles. The van der Waals surface area contributed by atoms with Gasteiger partial charge in [0.1, 0.15) is 6.61 Å². The molecule has 2 aromatic carbocycles. The van der Waals surface area contributed by atoms with Gasteiger partial charge in [-0.3, -0.25) is 0 Å². The standard InChI is InChI=1S/C20H22O6/c21-19(22)18-9-5-4-6-16(18)10-11-24-12-13-25-14-15-26-20(23)17-7-2-1-3-8-17/h1-9H,10-15H2,(H,21,22). The largest absolute Gasteiger partial charge is 0.478 e. The van der Waals surface area contributed by atoms with Crippen molar-refractivity contribution in [3.05, 3.63) is 71.3 Å². The van der Waals surface area contributed by atoms with E-state index in [-0.39, 0.29) is 12.6 Å². The van der Waals surface area contributed by atoms with E-state index in [1.54, 1.807) is 42.5 Å². The fourth-order valence-corrected chi connectivity index (χ4v) is 2.30. The van der Waals surface area contributed by atoms with Crippen molar-refractivity contribution in [2.45, 2.75) is 6.42 Å². The predicted octanol–water partition coefficient (Wildman–Crippen LogP) is 2.82. The maximum Gasteiger partial charge on any atom is 0.338 e. The number of rotatable bonds is 11. The Morgan fingerprint density at radius 1 is 0.769 bits per heavy atom. The van der Waals surface area contributed by atoms with E-state index in [9.17, 15) is 9.59 Å². The molecule has 2 aromatic rings. The summed E-state index contributed by atoms with van der Waals surface area (Å²) in [6, 6.07) is 15.6. The molecule has 0 atom stereocenters. The second-order valence-electron chi connectivity index (χ2n) is 5.44. The zero-order valence-corrected chi connectivity index (χ0v) is 14.4. The Balaban J connectivity index is 1.51. The fourth-order valence-electron chi connectivity index (χ4n) is 2.30. The number of esters is 1. The first-order valence-corrected chi connectivity index (χ1v) is 8.37. The summed E-state index contributed by atoms with van der Waals surface area (Å²) in [6.45, 7) is 1.66. The van der Waals surface area contributed by atoms with Crippen LogP contribution in [0, 0.1) is 0 Å². The molecule has 2 rings (SSSR count). The highest BCUT2D eigenvalue weighted by Crippen LogP contribution is 2.09. The van der Waals surface area contributed by atoms with E-state index < -0.39 is 5.97 Å². The number of benzene rings is 2. The molecule has 0 spiro atoms. The Morgan fingerprint density at radius 3 is 2.12 bits per heavy atom. The summed E-state index contributed by atoms with van der Waals surface area (Å²) in [5, 5.41) is 9.10. The molecule has 138 valence electrons. The van der Waals surface area contributed by atoms with Crippen molar-refractivity contribution in [2.24, 2.45) is 0 Å². The molecule has 0 fully saturated rings. The molecule has 0 amide bonds. The second-order valence-corrected chi connectivity index (χ2v) is 5.44. The molecule has 0 bridgehead atoms. The normalized spacial score (nSPS) is 10.5. The highest BCUT2D eigenvalue weighted by Gasteiger charge is 2.08. The molecule has 0 saturated heterocycles. The molecule has 1 N–H and O–H groups in total. The fraction of sp³-hybridized carbons (Fsp3) is 0.300. The van der Waals surface area contributed by atoms with Crippen LogP contribution in [0.2, 0.25) is 0 Å². The third kappa shape index (κ3) is 6.66. The van der Waals surface area contributed by atoms with Gasteiger partial charge in [-0.2, -0.15) is 0 Å². The topological polar surface area (TPSA) is 82.1 Å². The van der Waals surface area contributed by atoms with E-state index in [0.29, 0.717) is 44.0 Å². The van der Waals surface area contributed by atoms with E-state index in [1.807, 2.05) is 12.1 Å². The first kappa shape index (κ1) is 19.6. The minimum Gasteiger partial charge on any atom is -0.478 e. The summed E-state index contributed by atoms with van der Waals surface area (Å²) < 4.78 is 15.9. The predicted molar refractivity (Wildman–Crippen MR) is 95.5 cm³/mol. The lowest BCUT2D eigenvalue weighted by Gasteiger charge is -2.08. The molecule has 6 heteroatoms. The maximum absolute atomic E-state index is 11.7. The number of carboxylic acid groups (broad SMARTS) is 1. The second kappa shape index (κ2) is 11.0. The molecular formula is C20H22O6. The van der Waals surface area contributed by atoms with Crippen LogP contribution >= 0.6 is 0 Å². The van der Waals surface area contributed by atoms with Crippen LogP contribution in [0.3, 0.4) is 0 Å². The van der Waals surface area contributed by atoms with Crippen LogP contribution in [0.25, 0.3) is 0 Å². The molecule has 0 aliphatic carbocycles. The van der Waals surface area contributed by atoms with Crippen LogP contribution in [0.1, 0.15) is 26.3 Å². The minimum absolute atomic E-state index is 0.180. The molecule has 6 nitrogen and oxygen atoms in total. The Bertz CT molecular complexity index is 698. The summed E-state index contributed by atoms with van der Waals surface area (Å²) in [5.41, 5.74) is 1.55. The van der Waals surface area contributed by atoms with E-state index in [1.165, 1.54) is 0 Å². The van der Waals surface area contributed by atoms with Crippen LogP contribution < -0.4 is 0 Å². The number of hydrogen-bond donors (Lipinski definition) is 1. The number of carboxylic acids is 1. The number of ether oxygens (including phenoxy) is 3. The quantitative estimate of drug-likeness (QED) is 0.491. The first-order chi connectivity index (χ1) is 12.7. The van der Waals surface area contributed by atoms with Gasteiger partial charge < -0.3 is 19.3 Å². The lowest BCUT2D eigenvalue weighted by molar-refractivity contribution is 0.0150. The monoisotopic (exact) mass is 358 g/mol.